The van der Waals surface area contributed by atoms with Gasteiger partial charge in [-0.1, -0.05) is 15.9 Å². The Kier molecular flexibility index (Phi) is 4.08. The van der Waals surface area contributed by atoms with Crippen molar-refractivity contribution in [1.29, 1.82) is 0 Å². The van der Waals surface area contributed by atoms with Crippen molar-refractivity contribution in [2.45, 2.75) is 24.6 Å². The molecule has 0 bridgehead atoms. The molecule has 2 rings (SSSR count). The van der Waals surface area contributed by atoms with Gasteiger partial charge in [0.15, 0.2) is 9.84 Å². The molecule has 1 aliphatic heterocycles. The van der Waals surface area contributed by atoms with Gasteiger partial charge in [0.2, 0.25) is 0 Å². The Bertz CT molecular complexity index is 547. The zero-order valence-corrected chi connectivity index (χ0v) is 12.4. The largest absolute Gasteiger partial charge is 0.309 e. The van der Waals surface area contributed by atoms with E-state index in [0.29, 0.717) is 18.5 Å². The van der Waals surface area contributed by atoms with Gasteiger partial charge in [-0.15, -0.1) is 0 Å². The fourth-order valence-corrected chi connectivity index (χ4v) is 4.02. The normalized spacial score (nSPS) is 27.7. The Hall–Kier alpha value is -0.460. The third-order valence-corrected chi connectivity index (χ3v) is 6.04. The van der Waals surface area contributed by atoms with Crippen molar-refractivity contribution in [2.24, 2.45) is 0 Å². The molecule has 2 unspecified atom stereocenters. The molecule has 0 saturated carbocycles. The van der Waals surface area contributed by atoms with E-state index in [2.05, 4.69) is 21.2 Å². The van der Waals surface area contributed by atoms with Crippen LogP contribution in [0.15, 0.2) is 22.7 Å². The molecule has 0 spiro atoms. The van der Waals surface area contributed by atoms with Gasteiger partial charge < -0.3 is 5.32 Å². The molecule has 1 fully saturated rings. The van der Waals surface area contributed by atoms with Crippen LogP contribution in [0.4, 0.5) is 4.39 Å². The number of sulfone groups is 1. The van der Waals surface area contributed by atoms with Gasteiger partial charge in [0.1, 0.15) is 5.82 Å². The first kappa shape index (κ1) is 14.0. The predicted octanol–water partition coefficient (Wildman–Crippen LogP) is 2.43. The second kappa shape index (κ2) is 5.27. The zero-order chi connectivity index (χ0) is 13.3. The van der Waals surface area contributed by atoms with E-state index >= 15 is 0 Å². The maximum atomic E-state index is 13.8. The Morgan fingerprint density at radius 1 is 1.44 bits per heavy atom. The number of hydrogen-bond acceptors (Lipinski definition) is 3. The van der Waals surface area contributed by atoms with Gasteiger partial charge in [-0.25, -0.2) is 12.8 Å². The number of nitrogens with one attached hydrogen (secondary N) is 1. The van der Waals surface area contributed by atoms with Gasteiger partial charge in [-0.3, -0.25) is 0 Å². The molecule has 1 saturated heterocycles. The first-order chi connectivity index (χ1) is 8.40. The lowest BCUT2D eigenvalue weighted by Gasteiger charge is -2.17. The first-order valence-electron chi connectivity index (χ1n) is 5.80. The summed E-state index contributed by atoms with van der Waals surface area (Å²) in [6.07, 6.45) is 0.564. The standard InChI is InChI=1S/C12H15BrFNO2S/c1-8-4-5-15-12(7-18(8,16)17)10-6-9(13)2-3-11(10)14/h2-3,6,8,12,15H,4-5,7H2,1H3. The summed E-state index contributed by atoms with van der Waals surface area (Å²) < 4.78 is 38.5. The Morgan fingerprint density at radius 3 is 2.89 bits per heavy atom. The molecule has 100 valence electrons. The smallest absolute Gasteiger partial charge is 0.154 e. The average molecular weight is 336 g/mol. The van der Waals surface area contributed by atoms with E-state index in [9.17, 15) is 12.8 Å². The topological polar surface area (TPSA) is 46.2 Å². The summed E-state index contributed by atoms with van der Waals surface area (Å²) in [4.78, 5) is 0. The fourth-order valence-electron chi connectivity index (χ4n) is 2.08. The van der Waals surface area contributed by atoms with Crippen LogP contribution in [0, 0.1) is 5.82 Å². The van der Waals surface area contributed by atoms with E-state index in [1.54, 1.807) is 19.1 Å². The summed E-state index contributed by atoms with van der Waals surface area (Å²) in [7, 11) is -3.17. The van der Waals surface area contributed by atoms with Crippen molar-refractivity contribution in [3.8, 4) is 0 Å². The molecule has 1 aliphatic rings. The quantitative estimate of drug-likeness (QED) is 0.857. The predicted molar refractivity (Wildman–Crippen MR) is 72.7 cm³/mol. The lowest BCUT2D eigenvalue weighted by atomic mass is 10.1. The van der Waals surface area contributed by atoms with Crippen molar-refractivity contribution in [1.82, 2.24) is 5.32 Å². The van der Waals surface area contributed by atoms with Crippen molar-refractivity contribution >= 4 is 25.8 Å². The summed E-state index contributed by atoms with van der Waals surface area (Å²) in [6.45, 7) is 2.29. The van der Waals surface area contributed by atoms with Crippen molar-refractivity contribution in [3.63, 3.8) is 0 Å². The molecule has 6 heteroatoms. The number of benzene rings is 1. The third-order valence-electron chi connectivity index (χ3n) is 3.29. The maximum Gasteiger partial charge on any atom is 0.154 e. The van der Waals surface area contributed by atoms with Crippen LogP contribution in [0.3, 0.4) is 0 Å². The monoisotopic (exact) mass is 335 g/mol. The molecule has 0 radical (unpaired) electrons. The molecule has 0 aliphatic carbocycles. The number of halogens is 2. The third kappa shape index (κ3) is 2.92. The van der Waals surface area contributed by atoms with Crippen LogP contribution in [0.5, 0.6) is 0 Å². The van der Waals surface area contributed by atoms with E-state index in [0.717, 1.165) is 4.47 Å². The van der Waals surface area contributed by atoms with Crippen LogP contribution in [0.1, 0.15) is 24.9 Å². The molecule has 18 heavy (non-hydrogen) atoms. The zero-order valence-electron chi connectivity index (χ0n) is 9.99. The van der Waals surface area contributed by atoms with Crippen LogP contribution in [0.2, 0.25) is 0 Å². The average Bonchev–Trinajstić information content (AvgIpc) is 2.42. The van der Waals surface area contributed by atoms with E-state index in [-0.39, 0.29) is 16.8 Å². The van der Waals surface area contributed by atoms with E-state index in [1.807, 2.05) is 0 Å². The summed E-state index contributed by atoms with van der Waals surface area (Å²) >= 11 is 3.28. The van der Waals surface area contributed by atoms with Gasteiger partial charge in [-0.2, -0.15) is 0 Å². The molecular formula is C12H15BrFNO2S. The fraction of sp³-hybridized carbons (Fsp3) is 0.500. The van der Waals surface area contributed by atoms with Gasteiger partial charge in [0.05, 0.1) is 11.0 Å². The van der Waals surface area contributed by atoms with Gasteiger partial charge in [0, 0.05) is 16.1 Å². The van der Waals surface area contributed by atoms with Crippen LogP contribution < -0.4 is 5.32 Å². The molecule has 1 N–H and O–H groups in total. The first-order valence-corrected chi connectivity index (χ1v) is 8.31. The summed E-state index contributed by atoms with van der Waals surface area (Å²) in [5.74, 6) is -0.429. The minimum absolute atomic E-state index is 0.0540. The molecule has 0 aromatic heterocycles. The van der Waals surface area contributed by atoms with Crippen molar-refractivity contribution in [2.75, 3.05) is 12.3 Å². The second-order valence-corrected chi connectivity index (χ2v) is 7.98. The Labute approximate surface area is 115 Å². The summed E-state index contributed by atoms with van der Waals surface area (Å²) in [6, 6.07) is 4.12. The summed E-state index contributed by atoms with van der Waals surface area (Å²) in [5.41, 5.74) is 0.405. The highest BCUT2D eigenvalue weighted by Crippen LogP contribution is 2.26. The minimum Gasteiger partial charge on any atom is -0.309 e. The van der Waals surface area contributed by atoms with E-state index < -0.39 is 15.9 Å². The molecule has 3 nitrogen and oxygen atoms in total. The second-order valence-electron chi connectivity index (χ2n) is 4.60. The lowest BCUT2D eigenvalue weighted by Crippen LogP contribution is -2.27. The van der Waals surface area contributed by atoms with Crippen LogP contribution >= 0.6 is 15.9 Å². The Morgan fingerprint density at radius 2 is 2.17 bits per heavy atom. The molecule has 0 amide bonds. The highest BCUT2D eigenvalue weighted by Gasteiger charge is 2.30. The molecule has 1 heterocycles. The number of rotatable bonds is 1. The van der Waals surface area contributed by atoms with Gasteiger partial charge >= 0.3 is 0 Å². The Balaban J connectivity index is 2.36. The van der Waals surface area contributed by atoms with Gasteiger partial charge in [-0.05, 0) is 38.1 Å². The lowest BCUT2D eigenvalue weighted by molar-refractivity contribution is 0.531. The minimum atomic E-state index is -3.17. The van der Waals surface area contributed by atoms with E-state index in [4.69, 9.17) is 0 Å². The van der Waals surface area contributed by atoms with Crippen molar-refractivity contribution in [3.05, 3.63) is 34.1 Å². The van der Waals surface area contributed by atoms with Gasteiger partial charge in [0.25, 0.3) is 0 Å². The van der Waals surface area contributed by atoms with E-state index in [1.165, 1.54) is 6.07 Å². The molecule has 1 aromatic rings. The van der Waals surface area contributed by atoms with Crippen LogP contribution in [-0.4, -0.2) is 26.0 Å². The summed E-state index contributed by atoms with van der Waals surface area (Å²) in [5, 5.41) is 2.74. The highest BCUT2D eigenvalue weighted by molar-refractivity contribution is 9.10. The maximum absolute atomic E-state index is 13.8. The molecular weight excluding hydrogens is 321 g/mol. The van der Waals surface area contributed by atoms with Crippen molar-refractivity contribution < 1.29 is 12.8 Å². The molecule has 2 atom stereocenters. The molecule has 1 aromatic carbocycles. The van der Waals surface area contributed by atoms with Crippen LogP contribution in [-0.2, 0) is 9.84 Å². The number of hydrogen-bond donors (Lipinski definition) is 1. The SMILES string of the molecule is CC1CCNC(c2cc(Br)ccc2F)CS1(=O)=O. The highest BCUT2D eigenvalue weighted by atomic mass is 79.9. The van der Waals surface area contributed by atoms with Crippen LogP contribution in [0.25, 0.3) is 0 Å².